The van der Waals surface area contributed by atoms with Crippen LogP contribution < -0.4 is 0 Å². The minimum atomic E-state index is -2.12. The molecule has 1 N–H and O–H groups in total. The Morgan fingerprint density at radius 3 is 1.83 bits per heavy atom. The molecule has 2 rings (SSSR count). The summed E-state index contributed by atoms with van der Waals surface area (Å²) < 4.78 is 17.7. The standard InChI is InChI=1S/C29H47NO5Si/c1-20(2)36(21(3)4,22(5)6)19-18-24(23-16-14-13-15-17-23)30(32)29(11,25(31)33-12)26-34-27(7,8)28(9,10)35-26/h13-17,20-22,24,26,32H,1-12H3. The molecule has 0 aromatic heterocycles. The summed E-state index contributed by atoms with van der Waals surface area (Å²) >= 11 is 0. The van der Waals surface area contributed by atoms with Gasteiger partial charge in [0.15, 0.2) is 11.8 Å². The number of nitrogens with zero attached hydrogens (tertiary/aromatic N) is 1. The molecule has 1 aromatic rings. The fraction of sp³-hybridized carbons (Fsp3) is 0.690. The van der Waals surface area contributed by atoms with Crippen LogP contribution in [0.4, 0.5) is 0 Å². The molecule has 2 unspecified atom stereocenters. The fourth-order valence-electron chi connectivity index (χ4n) is 5.39. The molecule has 1 aromatic carbocycles. The van der Waals surface area contributed by atoms with Gasteiger partial charge in [-0.15, -0.1) is 5.54 Å². The van der Waals surface area contributed by atoms with Crippen molar-refractivity contribution in [3.63, 3.8) is 0 Å². The minimum Gasteiger partial charge on any atom is -0.467 e. The van der Waals surface area contributed by atoms with E-state index in [0.717, 1.165) is 10.6 Å². The molecule has 1 heterocycles. The van der Waals surface area contributed by atoms with Crippen LogP contribution in [0.25, 0.3) is 0 Å². The average molecular weight is 518 g/mol. The lowest BCUT2D eigenvalue weighted by Gasteiger charge is -2.41. The summed E-state index contributed by atoms with van der Waals surface area (Å²) in [6.45, 7) is 22.7. The van der Waals surface area contributed by atoms with Gasteiger partial charge in [0.1, 0.15) is 14.1 Å². The summed E-state index contributed by atoms with van der Waals surface area (Å²) in [6, 6.07) is 8.75. The van der Waals surface area contributed by atoms with Gasteiger partial charge < -0.3 is 19.4 Å². The lowest BCUT2D eigenvalue weighted by Crippen LogP contribution is -2.61. The normalized spacial score (nSPS) is 20.4. The van der Waals surface area contributed by atoms with Crippen LogP contribution in [-0.4, -0.2) is 54.5 Å². The predicted molar refractivity (Wildman–Crippen MR) is 146 cm³/mol. The number of methoxy groups -OCH3 is 1. The maximum Gasteiger partial charge on any atom is 0.333 e. The van der Waals surface area contributed by atoms with Crippen molar-refractivity contribution in [2.24, 2.45) is 0 Å². The Morgan fingerprint density at radius 2 is 1.44 bits per heavy atom. The summed E-state index contributed by atoms with van der Waals surface area (Å²) in [5, 5.41) is 12.9. The molecular weight excluding hydrogens is 470 g/mol. The number of carbonyl (C=O) groups is 1. The third-order valence-corrected chi connectivity index (χ3v) is 14.7. The Kier molecular flexibility index (Phi) is 9.30. The number of esters is 1. The van der Waals surface area contributed by atoms with Gasteiger partial charge in [-0.05, 0) is 56.8 Å². The Morgan fingerprint density at radius 1 is 1.00 bits per heavy atom. The first-order valence-electron chi connectivity index (χ1n) is 13.0. The van der Waals surface area contributed by atoms with Crippen LogP contribution in [0, 0.1) is 11.5 Å². The Balaban J connectivity index is 2.72. The molecule has 1 saturated heterocycles. The predicted octanol–water partition coefficient (Wildman–Crippen LogP) is 6.50. The quantitative estimate of drug-likeness (QED) is 0.184. The van der Waals surface area contributed by atoms with Gasteiger partial charge in [0.2, 0.25) is 0 Å². The molecule has 0 amide bonds. The zero-order chi connectivity index (χ0) is 27.7. The number of ether oxygens (including phenoxy) is 3. The monoisotopic (exact) mass is 517 g/mol. The van der Waals surface area contributed by atoms with Gasteiger partial charge in [-0.3, -0.25) is 0 Å². The van der Waals surface area contributed by atoms with Crippen molar-refractivity contribution in [1.29, 1.82) is 0 Å². The highest BCUT2D eigenvalue weighted by Gasteiger charge is 2.61. The second kappa shape index (κ2) is 11.0. The summed E-state index contributed by atoms with van der Waals surface area (Å²) in [4.78, 5) is 13.3. The highest BCUT2D eigenvalue weighted by molar-refractivity contribution is 6.90. The summed E-state index contributed by atoms with van der Waals surface area (Å²) in [6.07, 6.45) is -1.07. The van der Waals surface area contributed by atoms with Gasteiger partial charge >= 0.3 is 5.97 Å². The van der Waals surface area contributed by atoms with Crippen molar-refractivity contribution in [2.45, 2.75) is 122 Å². The third kappa shape index (κ3) is 5.30. The smallest absolute Gasteiger partial charge is 0.333 e. The van der Waals surface area contributed by atoms with Gasteiger partial charge in [-0.1, -0.05) is 77.8 Å². The third-order valence-electron chi connectivity index (χ3n) is 8.44. The SMILES string of the molecule is COC(=O)C(C)(C1OC(C)(C)C(C)(C)O1)N(O)C(C#C[Si](C(C)C)(C(C)C)C(C)C)c1ccccc1. The number of hydrogen-bond acceptors (Lipinski definition) is 6. The van der Waals surface area contributed by atoms with Gasteiger partial charge in [0.25, 0.3) is 0 Å². The molecule has 202 valence electrons. The molecule has 0 saturated carbocycles. The van der Waals surface area contributed by atoms with E-state index >= 15 is 0 Å². The van der Waals surface area contributed by atoms with Crippen LogP contribution in [0.1, 0.15) is 87.8 Å². The maximum absolute atomic E-state index is 13.3. The lowest BCUT2D eigenvalue weighted by atomic mass is 9.90. The molecule has 0 radical (unpaired) electrons. The van der Waals surface area contributed by atoms with Gasteiger partial charge in [-0.25, -0.2) is 4.79 Å². The molecular formula is C29H47NO5Si. The molecule has 0 spiro atoms. The molecule has 7 heteroatoms. The first kappa shape index (κ1) is 30.5. The van der Waals surface area contributed by atoms with E-state index in [1.165, 1.54) is 7.11 Å². The largest absolute Gasteiger partial charge is 0.467 e. The number of benzene rings is 1. The Hall–Kier alpha value is -1.69. The van der Waals surface area contributed by atoms with Crippen molar-refractivity contribution < 1.29 is 24.2 Å². The van der Waals surface area contributed by atoms with Crippen molar-refractivity contribution >= 4 is 14.0 Å². The van der Waals surface area contributed by atoms with Crippen LogP contribution in [0.3, 0.4) is 0 Å². The van der Waals surface area contributed by atoms with E-state index in [9.17, 15) is 10.0 Å². The highest BCUT2D eigenvalue weighted by Crippen LogP contribution is 2.45. The van der Waals surface area contributed by atoms with E-state index in [1.807, 2.05) is 58.0 Å². The van der Waals surface area contributed by atoms with Crippen LogP contribution in [0.2, 0.25) is 16.6 Å². The zero-order valence-electron chi connectivity index (χ0n) is 24.3. The van der Waals surface area contributed by atoms with Crippen LogP contribution in [-0.2, 0) is 19.0 Å². The average Bonchev–Trinajstić information content (AvgIpc) is 3.02. The minimum absolute atomic E-state index is 0.420. The molecule has 6 nitrogen and oxygen atoms in total. The zero-order valence-corrected chi connectivity index (χ0v) is 25.3. The number of hydroxylamine groups is 2. The summed E-state index contributed by atoms with van der Waals surface area (Å²) in [5.41, 5.74) is 2.68. The molecule has 1 fully saturated rings. The molecule has 1 aliphatic rings. The van der Waals surface area contributed by atoms with E-state index in [1.54, 1.807) is 6.92 Å². The van der Waals surface area contributed by atoms with Crippen molar-refractivity contribution in [2.75, 3.05) is 7.11 Å². The molecule has 36 heavy (non-hydrogen) atoms. The van der Waals surface area contributed by atoms with E-state index < -0.39 is 43.1 Å². The lowest BCUT2D eigenvalue weighted by molar-refractivity contribution is -0.268. The van der Waals surface area contributed by atoms with Crippen molar-refractivity contribution in [1.82, 2.24) is 5.06 Å². The topological polar surface area (TPSA) is 68.2 Å². The Bertz CT molecular complexity index is 925. The molecule has 0 bridgehead atoms. The van der Waals surface area contributed by atoms with Gasteiger partial charge in [0, 0.05) is 0 Å². The van der Waals surface area contributed by atoms with E-state index in [4.69, 9.17) is 14.2 Å². The maximum atomic E-state index is 13.3. The van der Waals surface area contributed by atoms with Crippen molar-refractivity contribution in [3.05, 3.63) is 35.9 Å². The van der Waals surface area contributed by atoms with E-state index in [2.05, 4.69) is 53.0 Å². The van der Waals surface area contributed by atoms with Crippen LogP contribution in [0.5, 0.6) is 0 Å². The van der Waals surface area contributed by atoms with Gasteiger partial charge in [0.05, 0.1) is 18.3 Å². The van der Waals surface area contributed by atoms with Crippen LogP contribution >= 0.6 is 0 Å². The molecule has 1 aliphatic heterocycles. The number of carbonyl (C=O) groups excluding carboxylic acids is 1. The number of rotatable bonds is 8. The molecule has 2 atom stereocenters. The first-order chi connectivity index (χ1) is 16.5. The van der Waals surface area contributed by atoms with E-state index in [0.29, 0.717) is 16.6 Å². The highest BCUT2D eigenvalue weighted by atomic mass is 28.3. The van der Waals surface area contributed by atoms with Gasteiger partial charge in [-0.2, -0.15) is 5.06 Å². The van der Waals surface area contributed by atoms with E-state index in [-0.39, 0.29) is 0 Å². The molecule has 0 aliphatic carbocycles. The van der Waals surface area contributed by atoms with Crippen molar-refractivity contribution in [3.8, 4) is 11.5 Å². The van der Waals surface area contributed by atoms with Crippen LogP contribution in [0.15, 0.2) is 30.3 Å². The number of hydrogen-bond donors (Lipinski definition) is 1. The summed E-state index contributed by atoms with van der Waals surface area (Å²) in [7, 11) is -0.816. The fourth-order valence-corrected chi connectivity index (χ4v) is 10.6. The second-order valence-electron chi connectivity index (χ2n) is 12.1. The summed E-state index contributed by atoms with van der Waals surface area (Å²) in [5.74, 6) is 2.78. The first-order valence-corrected chi connectivity index (χ1v) is 15.2. The Labute approximate surface area is 219 Å². The second-order valence-corrected chi connectivity index (χ2v) is 17.6.